The van der Waals surface area contributed by atoms with Gasteiger partial charge in [0.25, 0.3) is 0 Å². The Morgan fingerprint density at radius 3 is 1.17 bits per heavy atom. The molecule has 0 bridgehead atoms. The van der Waals surface area contributed by atoms with Gasteiger partial charge in [0.05, 0.1) is 0 Å². The third-order valence-electron chi connectivity index (χ3n) is 6.86. The lowest BCUT2D eigenvalue weighted by molar-refractivity contribution is -0.458. The number of halogens is 17. The molecule has 0 unspecified atom stereocenters. The lowest BCUT2D eigenvalue weighted by Gasteiger charge is -2.42. The van der Waals surface area contributed by atoms with Gasteiger partial charge < -0.3 is 4.55 Å². The van der Waals surface area contributed by atoms with Gasteiger partial charge in [-0.2, -0.15) is 74.6 Å². The van der Waals surface area contributed by atoms with Crippen LogP contribution in [0.1, 0.15) is 0 Å². The van der Waals surface area contributed by atoms with Gasteiger partial charge in [-0.05, 0) is 41.3 Å². The fourth-order valence-corrected chi connectivity index (χ4v) is 8.23. The molecular formula is C30H17F17O3S3. The summed E-state index contributed by atoms with van der Waals surface area (Å²) in [5, 5.41) is -5.74. The van der Waals surface area contributed by atoms with Crippen molar-refractivity contribution >= 4 is 32.3 Å². The Morgan fingerprint density at radius 2 is 0.811 bits per heavy atom. The van der Waals surface area contributed by atoms with Crippen LogP contribution in [0.5, 0.6) is 0 Å². The Morgan fingerprint density at radius 1 is 0.472 bits per heavy atom. The van der Waals surface area contributed by atoms with E-state index in [9.17, 15) is 87.6 Å². The number of benzene rings is 3. The summed E-state index contributed by atoms with van der Waals surface area (Å²) in [5.74, 6) is -52.1. The van der Waals surface area contributed by atoms with E-state index >= 15 is 0 Å². The van der Waals surface area contributed by atoms with Gasteiger partial charge in [-0.1, -0.05) is 78.1 Å². The van der Waals surface area contributed by atoms with Crippen molar-refractivity contribution in [3.05, 3.63) is 102 Å². The minimum Gasteiger partial charge on any atom is -0.743 e. The van der Waals surface area contributed by atoms with Crippen LogP contribution in [0.25, 0.3) is 11.1 Å². The van der Waals surface area contributed by atoms with Crippen LogP contribution < -0.4 is 0 Å². The molecule has 23 heteroatoms. The van der Waals surface area contributed by atoms with Crippen molar-refractivity contribution in [2.75, 3.05) is 0 Å². The van der Waals surface area contributed by atoms with E-state index in [0.717, 1.165) is 0 Å². The SMILES string of the molecule is O=S(=O)([O-])C(F)(F)C(F)(F)C(F)(F)C(F)(F)C(F)(F)C(F)(F)C(F)(F)C(F)(F)F.c1ccc(-c2ccsc2[S+](c2ccccc2)c2ccccc2)cc1. The molecule has 4 rings (SSSR count). The number of hydrogen-bond acceptors (Lipinski definition) is 4. The van der Waals surface area contributed by atoms with Crippen molar-refractivity contribution in [2.45, 2.75) is 61.0 Å². The van der Waals surface area contributed by atoms with Gasteiger partial charge in [0.15, 0.2) is 19.9 Å². The Balaban J connectivity index is 0.000000288. The van der Waals surface area contributed by atoms with E-state index in [1.807, 2.05) is 11.3 Å². The summed E-state index contributed by atoms with van der Waals surface area (Å²) >= 11 is 1.85. The largest absolute Gasteiger partial charge is 0.743 e. The number of thiophene rings is 1. The molecule has 292 valence electrons. The molecule has 0 amide bonds. The summed E-state index contributed by atoms with van der Waals surface area (Å²) < 4.78 is 245. The third kappa shape index (κ3) is 7.44. The highest BCUT2D eigenvalue weighted by atomic mass is 32.2. The molecule has 0 saturated heterocycles. The van der Waals surface area contributed by atoms with E-state index in [1.165, 1.54) is 25.1 Å². The number of rotatable bonds is 11. The molecule has 0 N–H and O–H groups in total. The molecule has 3 nitrogen and oxygen atoms in total. The average Bonchev–Trinajstić information content (AvgIpc) is 3.54. The zero-order valence-electron chi connectivity index (χ0n) is 25.2. The molecule has 53 heavy (non-hydrogen) atoms. The molecular weight excluding hydrogens is 827 g/mol. The molecule has 0 saturated carbocycles. The van der Waals surface area contributed by atoms with E-state index in [1.54, 1.807) is 0 Å². The zero-order chi connectivity index (χ0) is 40.7. The van der Waals surface area contributed by atoms with Crippen LogP contribution in [0.4, 0.5) is 74.6 Å². The van der Waals surface area contributed by atoms with Crippen molar-refractivity contribution in [2.24, 2.45) is 0 Å². The van der Waals surface area contributed by atoms with Crippen LogP contribution in [0, 0.1) is 0 Å². The second kappa shape index (κ2) is 14.6. The highest BCUT2D eigenvalue weighted by Crippen LogP contribution is 2.64. The van der Waals surface area contributed by atoms with Gasteiger partial charge >= 0.3 is 47.0 Å². The predicted molar refractivity (Wildman–Crippen MR) is 155 cm³/mol. The van der Waals surface area contributed by atoms with E-state index in [2.05, 4.69) is 102 Å². The van der Waals surface area contributed by atoms with Gasteiger partial charge in [-0.15, -0.1) is 0 Å². The summed E-state index contributed by atoms with van der Waals surface area (Å²) in [6, 6.07) is 34.6. The smallest absolute Gasteiger partial charge is 0.460 e. The first-order valence-electron chi connectivity index (χ1n) is 13.6. The Kier molecular flexibility index (Phi) is 12.1. The first-order valence-corrected chi connectivity index (χ1v) is 17.1. The van der Waals surface area contributed by atoms with Crippen molar-refractivity contribution in [3.8, 4) is 11.1 Å². The molecule has 0 aliphatic carbocycles. The highest BCUT2D eigenvalue weighted by Gasteiger charge is 2.95. The summed E-state index contributed by atoms with van der Waals surface area (Å²) in [7, 11) is -8.22. The molecule has 0 spiro atoms. The second-order valence-electron chi connectivity index (χ2n) is 10.3. The quantitative estimate of drug-likeness (QED) is 0.0858. The first kappa shape index (κ1) is 43.8. The summed E-state index contributed by atoms with van der Waals surface area (Å²) in [6.07, 6.45) is -7.89. The molecule has 0 aliphatic rings. The maximum atomic E-state index is 13.0. The van der Waals surface area contributed by atoms with Crippen LogP contribution in [0.15, 0.2) is 116 Å². The molecule has 3 aromatic carbocycles. The minimum atomic E-state index is -8.92. The van der Waals surface area contributed by atoms with Gasteiger partial charge in [-0.25, -0.2) is 8.42 Å². The van der Waals surface area contributed by atoms with Crippen molar-refractivity contribution < 1.29 is 87.6 Å². The lowest BCUT2D eigenvalue weighted by atomic mass is 9.91. The summed E-state index contributed by atoms with van der Waals surface area (Å²) in [5.41, 5.74) is 2.63. The van der Waals surface area contributed by atoms with E-state index in [0.29, 0.717) is 0 Å². The molecule has 0 aliphatic heterocycles. The molecule has 4 aromatic rings. The van der Waals surface area contributed by atoms with Crippen LogP contribution in [0.2, 0.25) is 0 Å². The Bertz CT molecular complexity index is 1890. The Labute approximate surface area is 294 Å². The molecule has 1 aromatic heterocycles. The monoisotopic (exact) mass is 844 g/mol. The lowest BCUT2D eigenvalue weighted by Crippen LogP contribution is -2.75. The van der Waals surface area contributed by atoms with Crippen LogP contribution in [-0.2, 0) is 21.0 Å². The standard InChI is InChI=1S/C22H17S2.C8HF17O3S/c1-4-10-18(11-5-1)21-16-17-23-22(21)24(19-12-6-2-7-13-19)20-14-8-3-9-15-20;9-1(10,3(13,14)5(17,18)7(21,22)23)2(11,12)4(15,16)6(19,20)8(24,25)29(26,27)28/h1-17H;(H,26,27,28)/q+1;/p-1. The van der Waals surface area contributed by atoms with Gasteiger partial charge in [-0.3, -0.25) is 0 Å². The van der Waals surface area contributed by atoms with Crippen molar-refractivity contribution in [1.82, 2.24) is 0 Å². The van der Waals surface area contributed by atoms with Crippen molar-refractivity contribution in [1.29, 1.82) is 0 Å². The third-order valence-corrected chi connectivity index (χ3v) is 11.3. The second-order valence-corrected chi connectivity index (χ2v) is 14.9. The molecule has 0 atom stereocenters. The average molecular weight is 845 g/mol. The van der Waals surface area contributed by atoms with Crippen LogP contribution >= 0.6 is 11.3 Å². The van der Waals surface area contributed by atoms with Crippen molar-refractivity contribution in [3.63, 3.8) is 0 Å². The van der Waals surface area contributed by atoms with Crippen LogP contribution in [0.3, 0.4) is 0 Å². The number of alkyl halides is 17. The maximum absolute atomic E-state index is 13.0. The predicted octanol–water partition coefficient (Wildman–Crippen LogP) is 11.0. The molecule has 1 heterocycles. The maximum Gasteiger partial charge on any atom is 0.460 e. The van der Waals surface area contributed by atoms with Gasteiger partial charge in [0.1, 0.15) is 10.9 Å². The Hall–Kier alpha value is -3.57. The van der Waals surface area contributed by atoms with E-state index < -0.39 is 57.1 Å². The first-order chi connectivity index (χ1) is 23.9. The highest BCUT2D eigenvalue weighted by molar-refractivity contribution is 7.99. The minimum absolute atomic E-state index is 0.0770. The zero-order valence-corrected chi connectivity index (χ0v) is 27.6. The molecule has 0 radical (unpaired) electrons. The topological polar surface area (TPSA) is 57.2 Å². The summed E-state index contributed by atoms with van der Waals surface area (Å²) in [4.78, 5) is 2.73. The number of hydrogen-bond donors (Lipinski definition) is 0. The normalized spacial score (nSPS) is 14.2. The van der Waals surface area contributed by atoms with E-state index in [4.69, 9.17) is 0 Å². The van der Waals surface area contributed by atoms with Gasteiger partial charge in [0, 0.05) is 5.56 Å². The van der Waals surface area contributed by atoms with Gasteiger partial charge in [0.2, 0.25) is 4.21 Å². The van der Waals surface area contributed by atoms with Crippen LogP contribution in [-0.4, -0.2) is 59.9 Å². The fraction of sp³-hybridized carbons (Fsp3) is 0.267. The fourth-order valence-electron chi connectivity index (χ4n) is 4.06. The van der Waals surface area contributed by atoms with E-state index in [-0.39, 0.29) is 10.9 Å². The molecule has 0 fully saturated rings. The summed E-state index contributed by atoms with van der Waals surface area (Å²) in [6.45, 7) is 0.